The first-order chi connectivity index (χ1) is 0. The molecular formula is O3S3Sb4. The summed E-state index contributed by atoms with van der Waals surface area (Å²) in [5, 5.41) is 0. The molecule has 10 heavy (non-hydrogen) atoms. The molecule has 0 spiro atoms. The Kier molecular flexibility index (Phi) is 1560. The summed E-state index contributed by atoms with van der Waals surface area (Å²) in [6.45, 7) is 0. The summed E-state index contributed by atoms with van der Waals surface area (Å²) in [4.78, 5) is 0. The van der Waals surface area contributed by atoms with E-state index in [0.29, 0.717) is 0 Å². The average molecular weight is 631 g/mol. The van der Waals surface area contributed by atoms with Gasteiger partial charge in [-0.15, -0.1) is 0 Å². The molecule has 0 aromatic rings. The van der Waals surface area contributed by atoms with Gasteiger partial charge >= 0.3 is 97.7 Å². The van der Waals surface area contributed by atoms with E-state index in [1.807, 2.05) is 0 Å². The standard InChI is InChI=1S/3O.3S.4Sb/q6*-2;4*+3. The van der Waals surface area contributed by atoms with Crippen LogP contribution in [0.4, 0.5) is 0 Å². The molecular weight excluding hydrogens is 631 g/mol. The summed E-state index contributed by atoms with van der Waals surface area (Å²) in [5.41, 5.74) is 0. The van der Waals surface area contributed by atoms with Gasteiger partial charge in [-0.3, -0.25) is 0 Å². The van der Waals surface area contributed by atoms with Crippen molar-refractivity contribution in [2.24, 2.45) is 0 Å². The Balaban J connectivity index is 0. The SMILES string of the molecule is [O-2].[O-2].[O-2].[S-2].[S-2].[S-2].[Sb+3].[Sb+3].[Sb+3].[Sb+3]. The predicted molar refractivity (Wildman–Crippen MR) is 47.2 cm³/mol. The van der Waals surface area contributed by atoms with E-state index in [1.54, 1.807) is 0 Å². The number of hydrogen-bond acceptors (Lipinski definition) is 0. The van der Waals surface area contributed by atoms with Gasteiger partial charge in [-0.25, -0.2) is 0 Å². The molecule has 10 heteroatoms. The van der Waals surface area contributed by atoms with Crippen LogP contribution < -0.4 is 0 Å². The van der Waals surface area contributed by atoms with Crippen molar-refractivity contribution >= 4 is 138 Å². The van der Waals surface area contributed by atoms with Gasteiger partial charge in [-0.05, 0) is 0 Å². The molecule has 56 valence electrons. The normalized spacial score (nSPS) is 0. The summed E-state index contributed by atoms with van der Waals surface area (Å²) in [6.07, 6.45) is 0. The van der Waals surface area contributed by atoms with Crippen molar-refractivity contribution in [3.63, 3.8) is 0 Å². The van der Waals surface area contributed by atoms with Crippen molar-refractivity contribution in [1.82, 2.24) is 0 Å². The zero-order valence-corrected chi connectivity index (χ0v) is 16.9. The third kappa shape index (κ3) is 86.7. The predicted octanol–water partition coefficient (Wildman–Crippen LogP) is -1.89. The monoisotopic (exact) mass is 628 g/mol. The Morgan fingerprint density at radius 2 is 0.300 bits per heavy atom. The molecule has 0 atom stereocenters. The van der Waals surface area contributed by atoms with Crippen LogP contribution in [-0.2, 0) is 56.9 Å². The smallest absolute Gasteiger partial charge is 2.00 e. The first-order valence-corrected chi connectivity index (χ1v) is 0. The second kappa shape index (κ2) is 111. The topological polar surface area (TPSA) is 85.5 Å². The van der Waals surface area contributed by atoms with Crippen molar-refractivity contribution in [3.05, 3.63) is 0 Å². The first-order valence-electron chi connectivity index (χ1n) is 0. The quantitative estimate of drug-likeness (QED) is 0.281. The van der Waals surface area contributed by atoms with Gasteiger partial charge in [0.1, 0.15) is 0 Å². The molecule has 0 aromatic carbocycles. The van der Waals surface area contributed by atoms with E-state index < -0.39 is 0 Å². The zero-order chi connectivity index (χ0) is 0. The maximum absolute atomic E-state index is 0. The van der Waals surface area contributed by atoms with E-state index in [1.165, 1.54) is 0 Å². The van der Waals surface area contributed by atoms with E-state index in [9.17, 15) is 0 Å². The molecule has 0 saturated heterocycles. The summed E-state index contributed by atoms with van der Waals surface area (Å²) < 4.78 is 0. The molecule has 0 bridgehead atoms. The van der Waals surface area contributed by atoms with E-state index in [0.717, 1.165) is 0 Å². The van der Waals surface area contributed by atoms with Gasteiger partial charge in [0.25, 0.3) is 0 Å². The van der Waals surface area contributed by atoms with Crippen molar-refractivity contribution in [3.8, 4) is 0 Å². The van der Waals surface area contributed by atoms with E-state index in [-0.39, 0.29) is 155 Å². The third-order valence-electron chi connectivity index (χ3n) is 0. The van der Waals surface area contributed by atoms with Gasteiger partial charge in [-0.2, -0.15) is 0 Å². The van der Waals surface area contributed by atoms with Crippen molar-refractivity contribution in [2.45, 2.75) is 0 Å². The van der Waals surface area contributed by atoms with Crippen LogP contribution in [0.2, 0.25) is 0 Å². The summed E-state index contributed by atoms with van der Waals surface area (Å²) in [6, 6.07) is 0. The fraction of sp³-hybridized carbons (Fsp3) is 0. The van der Waals surface area contributed by atoms with E-state index in [2.05, 4.69) is 0 Å². The summed E-state index contributed by atoms with van der Waals surface area (Å²) in [7, 11) is 0. The van der Waals surface area contributed by atoms with Crippen LogP contribution in [0.15, 0.2) is 0 Å². The molecule has 0 rings (SSSR count). The molecule has 0 saturated carbocycles. The fourth-order valence-corrected chi connectivity index (χ4v) is 0. The van der Waals surface area contributed by atoms with Crippen LogP contribution in [0.5, 0.6) is 0 Å². The first kappa shape index (κ1) is 140. The van der Waals surface area contributed by atoms with Crippen molar-refractivity contribution in [1.29, 1.82) is 0 Å². The molecule has 8 radical (unpaired) electrons. The van der Waals surface area contributed by atoms with Crippen molar-refractivity contribution in [2.75, 3.05) is 0 Å². The summed E-state index contributed by atoms with van der Waals surface area (Å²) in [5.74, 6) is 0. The molecule has 3 nitrogen and oxygen atoms in total. The van der Waals surface area contributed by atoms with Crippen LogP contribution >= 0.6 is 0 Å². The Bertz CT molecular complexity index is 15.7. The summed E-state index contributed by atoms with van der Waals surface area (Å²) >= 11 is 0. The molecule has 0 fully saturated rings. The third-order valence-corrected chi connectivity index (χ3v) is 0. The van der Waals surface area contributed by atoms with Gasteiger partial charge in [0.15, 0.2) is 0 Å². The molecule has 0 aromatic heterocycles. The van der Waals surface area contributed by atoms with Gasteiger partial charge in [-0.1, -0.05) is 0 Å². The Morgan fingerprint density at radius 1 is 0.300 bits per heavy atom. The van der Waals surface area contributed by atoms with Gasteiger partial charge in [0.2, 0.25) is 0 Å². The van der Waals surface area contributed by atoms with Crippen LogP contribution in [0.1, 0.15) is 0 Å². The van der Waals surface area contributed by atoms with Crippen LogP contribution in [-0.4, -0.2) is 97.7 Å². The Morgan fingerprint density at radius 3 is 0.300 bits per heavy atom. The Labute approximate surface area is 152 Å². The van der Waals surface area contributed by atoms with Crippen LogP contribution in [0.25, 0.3) is 0 Å². The van der Waals surface area contributed by atoms with Crippen LogP contribution in [0, 0.1) is 0 Å². The second-order valence-electron chi connectivity index (χ2n) is 0. The molecule has 0 unspecified atom stereocenters. The minimum atomic E-state index is 0. The number of hydrogen-bond donors (Lipinski definition) is 0. The minimum absolute atomic E-state index is 0. The average Bonchev–Trinajstić information content (AvgIpc) is 0. The zero-order valence-electron chi connectivity index (χ0n) is 4.24. The molecule has 0 N–H and O–H groups in total. The maximum Gasteiger partial charge on any atom is 3.00 e. The number of rotatable bonds is 0. The largest absolute Gasteiger partial charge is 3.00 e. The molecule has 0 heterocycles. The van der Waals surface area contributed by atoms with Gasteiger partial charge in [0.05, 0.1) is 0 Å². The molecule has 0 amide bonds. The maximum atomic E-state index is 0. The minimum Gasteiger partial charge on any atom is -2.00 e. The molecule has 0 aliphatic rings. The van der Waals surface area contributed by atoms with E-state index in [4.69, 9.17) is 0 Å². The second-order valence-corrected chi connectivity index (χ2v) is 0. The van der Waals surface area contributed by atoms with Crippen LogP contribution in [0.3, 0.4) is 0 Å². The van der Waals surface area contributed by atoms with Gasteiger partial charge in [0, 0.05) is 0 Å². The van der Waals surface area contributed by atoms with Crippen molar-refractivity contribution < 1.29 is 16.4 Å². The van der Waals surface area contributed by atoms with Gasteiger partial charge < -0.3 is 56.9 Å². The molecule has 0 aliphatic heterocycles. The fourth-order valence-electron chi connectivity index (χ4n) is 0. The molecule has 0 aliphatic carbocycles. The Hall–Kier alpha value is 4.20. The van der Waals surface area contributed by atoms with E-state index >= 15 is 0 Å².